The van der Waals surface area contributed by atoms with E-state index in [2.05, 4.69) is 33.0 Å². The molecule has 0 radical (unpaired) electrons. The van der Waals surface area contributed by atoms with Crippen LogP contribution in [0.15, 0.2) is 0 Å². The maximum Gasteiger partial charge on any atom is 0.172 e. The highest BCUT2D eigenvalue weighted by Gasteiger charge is 2.52. The summed E-state index contributed by atoms with van der Waals surface area (Å²) in [5.74, 6) is -0.460. The lowest BCUT2D eigenvalue weighted by atomic mass is 9.78. The average Bonchev–Trinajstić information content (AvgIpc) is 2.42. The van der Waals surface area contributed by atoms with Crippen LogP contribution in [-0.2, 0) is 9.47 Å². The lowest BCUT2D eigenvalue weighted by Gasteiger charge is -2.50. The minimum atomic E-state index is -0.460. The van der Waals surface area contributed by atoms with Gasteiger partial charge in [0.1, 0.15) is 0 Å². The van der Waals surface area contributed by atoms with Crippen LogP contribution in [0.3, 0.4) is 0 Å². The second-order valence-electron chi connectivity index (χ2n) is 6.72. The SMILES string of the molecule is CC1(C)CC2(CC(C)(C)N1)OCC(CCO)O2. The third-order valence-corrected chi connectivity index (χ3v) is 3.46. The Morgan fingerprint density at radius 1 is 1.18 bits per heavy atom. The van der Waals surface area contributed by atoms with Gasteiger partial charge in [0.25, 0.3) is 0 Å². The molecule has 4 nitrogen and oxygen atoms in total. The summed E-state index contributed by atoms with van der Waals surface area (Å²) in [6.45, 7) is 9.49. The molecule has 0 amide bonds. The van der Waals surface area contributed by atoms with Gasteiger partial charge < -0.3 is 19.9 Å². The summed E-state index contributed by atoms with van der Waals surface area (Å²) < 4.78 is 12.0. The second kappa shape index (κ2) is 4.19. The summed E-state index contributed by atoms with van der Waals surface area (Å²) in [5.41, 5.74) is 0.0196. The fraction of sp³-hybridized carbons (Fsp3) is 1.00. The molecular formula is C13H25NO3. The number of rotatable bonds is 2. The number of piperidine rings is 1. The van der Waals surface area contributed by atoms with Gasteiger partial charge in [-0.05, 0) is 34.1 Å². The molecule has 0 saturated carbocycles. The normalized spacial score (nSPS) is 34.1. The Morgan fingerprint density at radius 3 is 2.29 bits per heavy atom. The number of hydrogen-bond donors (Lipinski definition) is 2. The summed E-state index contributed by atoms with van der Waals surface area (Å²) >= 11 is 0. The van der Waals surface area contributed by atoms with E-state index in [1.54, 1.807) is 0 Å². The Balaban J connectivity index is 2.10. The maximum absolute atomic E-state index is 8.97. The molecule has 2 N–H and O–H groups in total. The molecule has 2 fully saturated rings. The molecule has 0 bridgehead atoms. The van der Waals surface area contributed by atoms with Crippen LogP contribution in [0.5, 0.6) is 0 Å². The molecule has 4 heteroatoms. The lowest BCUT2D eigenvalue weighted by Crippen LogP contribution is -2.63. The standard InChI is InChI=1S/C13H25NO3/c1-11(2)8-13(9-12(3,4)14-11)16-7-10(17-13)5-6-15/h10,14-15H,5-9H2,1-4H3. The van der Waals surface area contributed by atoms with Crippen LogP contribution < -0.4 is 5.32 Å². The van der Waals surface area contributed by atoms with E-state index >= 15 is 0 Å². The Kier molecular flexibility index (Phi) is 3.28. The zero-order chi connectivity index (χ0) is 12.7. The van der Waals surface area contributed by atoms with Crippen molar-refractivity contribution < 1.29 is 14.6 Å². The van der Waals surface area contributed by atoms with Gasteiger partial charge in [0.15, 0.2) is 5.79 Å². The zero-order valence-corrected chi connectivity index (χ0v) is 11.4. The van der Waals surface area contributed by atoms with Crippen LogP contribution in [-0.4, -0.2) is 41.3 Å². The molecule has 1 atom stereocenters. The first-order valence-electron chi connectivity index (χ1n) is 6.48. The monoisotopic (exact) mass is 243 g/mol. The van der Waals surface area contributed by atoms with E-state index in [0.717, 1.165) is 12.8 Å². The molecule has 1 spiro atoms. The predicted molar refractivity (Wildman–Crippen MR) is 65.8 cm³/mol. The van der Waals surface area contributed by atoms with E-state index in [4.69, 9.17) is 14.6 Å². The summed E-state index contributed by atoms with van der Waals surface area (Å²) in [6.07, 6.45) is 2.41. The van der Waals surface area contributed by atoms with Crippen molar-refractivity contribution in [3.8, 4) is 0 Å². The molecule has 2 heterocycles. The van der Waals surface area contributed by atoms with Crippen LogP contribution in [0.2, 0.25) is 0 Å². The van der Waals surface area contributed by atoms with Gasteiger partial charge in [-0.2, -0.15) is 0 Å². The first-order valence-corrected chi connectivity index (χ1v) is 6.48. The van der Waals surface area contributed by atoms with E-state index in [1.807, 2.05) is 0 Å². The van der Waals surface area contributed by atoms with Gasteiger partial charge in [-0.3, -0.25) is 0 Å². The predicted octanol–water partition coefficient (Wildman–Crippen LogP) is 1.42. The molecule has 0 aromatic rings. The first-order chi connectivity index (χ1) is 7.76. The molecule has 0 aromatic carbocycles. The minimum absolute atomic E-state index is 0.00978. The molecule has 2 aliphatic heterocycles. The second-order valence-corrected chi connectivity index (χ2v) is 6.72. The number of aliphatic hydroxyl groups excluding tert-OH is 1. The summed E-state index contributed by atoms with van der Waals surface area (Å²) in [7, 11) is 0. The van der Waals surface area contributed by atoms with E-state index in [0.29, 0.717) is 13.0 Å². The van der Waals surface area contributed by atoms with Gasteiger partial charge in [0.2, 0.25) is 0 Å². The molecule has 100 valence electrons. The van der Waals surface area contributed by atoms with Crippen LogP contribution >= 0.6 is 0 Å². The minimum Gasteiger partial charge on any atom is -0.396 e. The third-order valence-electron chi connectivity index (χ3n) is 3.46. The lowest BCUT2D eigenvalue weighted by molar-refractivity contribution is -0.214. The fourth-order valence-electron chi connectivity index (χ4n) is 3.50. The van der Waals surface area contributed by atoms with Crippen molar-refractivity contribution in [1.29, 1.82) is 0 Å². The van der Waals surface area contributed by atoms with E-state index in [-0.39, 0.29) is 23.8 Å². The van der Waals surface area contributed by atoms with Crippen LogP contribution in [0.4, 0.5) is 0 Å². The molecule has 0 aromatic heterocycles. The van der Waals surface area contributed by atoms with Gasteiger partial charge in [0.05, 0.1) is 12.7 Å². The van der Waals surface area contributed by atoms with E-state index < -0.39 is 5.79 Å². The zero-order valence-electron chi connectivity index (χ0n) is 11.4. The molecule has 2 aliphatic rings. The summed E-state index contributed by atoms with van der Waals surface area (Å²) in [5, 5.41) is 12.6. The van der Waals surface area contributed by atoms with Crippen molar-refractivity contribution in [1.82, 2.24) is 5.32 Å². The Morgan fingerprint density at radius 2 is 1.76 bits per heavy atom. The fourth-order valence-corrected chi connectivity index (χ4v) is 3.50. The Hall–Kier alpha value is -0.160. The highest BCUT2D eigenvalue weighted by atomic mass is 16.7. The van der Waals surface area contributed by atoms with Crippen LogP contribution in [0.1, 0.15) is 47.0 Å². The van der Waals surface area contributed by atoms with Gasteiger partial charge in [-0.25, -0.2) is 0 Å². The van der Waals surface area contributed by atoms with E-state index in [1.165, 1.54) is 0 Å². The summed E-state index contributed by atoms with van der Waals surface area (Å²) in [4.78, 5) is 0. The number of nitrogens with one attached hydrogen (secondary N) is 1. The smallest absolute Gasteiger partial charge is 0.172 e. The van der Waals surface area contributed by atoms with Gasteiger partial charge in [-0.15, -0.1) is 0 Å². The molecule has 0 aliphatic carbocycles. The Bertz CT molecular complexity index is 272. The van der Waals surface area contributed by atoms with Gasteiger partial charge in [-0.1, -0.05) is 0 Å². The third kappa shape index (κ3) is 2.99. The van der Waals surface area contributed by atoms with Crippen molar-refractivity contribution in [3.63, 3.8) is 0 Å². The van der Waals surface area contributed by atoms with Crippen molar-refractivity contribution in [2.24, 2.45) is 0 Å². The van der Waals surface area contributed by atoms with Crippen molar-refractivity contribution in [2.75, 3.05) is 13.2 Å². The molecule has 2 saturated heterocycles. The molecule has 17 heavy (non-hydrogen) atoms. The summed E-state index contributed by atoms with van der Waals surface area (Å²) in [6, 6.07) is 0. The van der Waals surface area contributed by atoms with Crippen molar-refractivity contribution >= 4 is 0 Å². The average molecular weight is 243 g/mol. The molecule has 1 unspecified atom stereocenters. The van der Waals surface area contributed by atoms with Gasteiger partial charge in [0, 0.05) is 30.5 Å². The number of hydrogen-bond acceptors (Lipinski definition) is 4. The van der Waals surface area contributed by atoms with Crippen molar-refractivity contribution in [2.45, 2.75) is 69.9 Å². The van der Waals surface area contributed by atoms with Crippen LogP contribution in [0.25, 0.3) is 0 Å². The number of aliphatic hydroxyl groups is 1. The quantitative estimate of drug-likeness (QED) is 0.770. The largest absolute Gasteiger partial charge is 0.396 e. The van der Waals surface area contributed by atoms with Crippen molar-refractivity contribution in [3.05, 3.63) is 0 Å². The topological polar surface area (TPSA) is 50.7 Å². The highest BCUT2D eigenvalue weighted by Crippen LogP contribution is 2.43. The molecule has 2 rings (SSSR count). The maximum atomic E-state index is 8.97. The Labute approximate surface area is 104 Å². The van der Waals surface area contributed by atoms with Crippen LogP contribution in [0, 0.1) is 0 Å². The molecular weight excluding hydrogens is 218 g/mol. The van der Waals surface area contributed by atoms with Gasteiger partial charge >= 0.3 is 0 Å². The van der Waals surface area contributed by atoms with E-state index in [9.17, 15) is 0 Å². The highest BCUT2D eigenvalue weighted by molar-refractivity contribution is 5.03. The number of ether oxygens (including phenoxy) is 2. The first kappa shape index (κ1) is 13.3.